The van der Waals surface area contributed by atoms with Gasteiger partial charge in [-0.05, 0) is 6.08 Å². The van der Waals surface area contributed by atoms with Crippen LogP contribution >= 0.6 is 0 Å². The highest BCUT2D eigenvalue weighted by molar-refractivity contribution is 6.12. The summed E-state index contributed by atoms with van der Waals surface area (Å²) < 4.78 is 0. The lowest BCUT2D eigenvalue weighted by molar-refractivity contribution is 1.20. The van der Waals surface area contributed by atoms with Crippen molar-refractivity contribution in [3.63, 3.8) is 0 Å². The molecular weight excluding hydrogens is 126 g/mol. The van der Waals surface area contributed by atoms with Crippen molar-refractivity contribution in [2.75, 3.05) is 0 Å². The fraction of sp³-hybridized carbons (Fsp3) is 0.143. The number of nitrogens with two attached hydrogens (primary N) is 1. The molecule has 2 aliphatic rings. The topological polar surface area (TPSA) is 50.7 Å². The first-order valence-corrected chi connectivity index (χ1v) is 3.14. The van der Waals surface area contributed by atoms with Gasteiger partial charge in [-0.1, -0.05) is 0 Å². The first kappa shape index (κ1) is 5.41. The van der Waals surface area contributed by atoms with Crippen LogP contribution in [0.25, 0.3) is 0 Å². The van der Waals surface area contributed by atoms with Crippen molar-refractivity contribution in [1.29, 1.82) is 0 Å². The van der Waals surface area contributed by atoms with E-state index in [1.165, 1.54) is 0 Å². The minimum atomic E-state index is 0.582. The van der Waals surface area contributed by atoms with E-state index in [2.05, 4.69) is 9.98 Å². The number of hydrogen-bond donors (Lipinski definition) is 1. The third-order valence-corrected chi connectivity index (χ3v) is 1.57. The summed E-state index contributed by atoms with van der Waals surface area (Å²) in [6.07, 6.45) is 6.24. The van der Waals surface area contributed by atoms with Crippen LogP contribution in [0.3, 0.4) is 0 Å². The third kappa shape index (κ3) is 0.603. The van der Waals surface area contributed by atoms with Gasteiger partial charge in [0.15, 0.2) is 0 Å². The molecule has 0 bridgehead atoms. The van der Waals surface area contributed by atoms with Crippen molar-refractivity contribution in [2.24, 2.45) is 15.7 Å². The van der Waals surface area contributed by atoms with Gasteiger partial charge in [0.1, 0.15) is 5.82 Å². The third-order valence-electron chi connectivity index (χ3n) is 1.57. The van der Waals surface area contributed by atoms with Crippen LogP contribution in [-0.2, 0) is 0 Å². The Bertz CT molecular complexity index is 281. The first-order valence-electron chi connectivity index (χ1n) is 3.14. The molecule has 0 radical (unpaired) electrons. The molecule has 0 aromatic heterocycles. The van der Waals surface area contributed by atoms with Gasteiger partial charge in [0.25, 0.3) is 0 Å². The predicted octanol–water partition coefficient (Wildman–Crippen LogP) is 0.600. The molecule has 0 fully saturated rings. The first-order chi connectivity index (χ1) is 4.88. The molecule has 10 heavy (non-hydrogen) atoms. The van der Waals surface area contributed by atoms with E-state index in [-0.39, 0.29) is 0 Å². The van der Waals surface area contributed by atoms with Gasteiger partial charge < -0.3 is 5.73 Å². The molecule has 2 aliphatic heterocycles. The van der Waals surface area contributed by atoms with E-state index >= 15 is 0 Å². The van der Waals surface area contributed by atoms with Gasteiger partial charge in [0, 0.05) is 24.4 Å². The molecule has 0 spiro atoms. The van der Waals surface area contributed by atoms with Crippen LogP contribution in [0.5, 0.6) is 0 Å². The molecule has 0 aromatic rings. The normalized spacial score (nSPS) is 21.4. The van der Waals surface area contributed by atoms with Crippen molar-refractivity contribution < 1.29 is 0 Å². The lowest BCUT2D eigenvalue weighted by atomic mass is 10.1. The molecule has 0 unspecified atom stereocenters. The van der Waals surface area contributed by atoms with E-state index in [4.69, 9.17) is 5.73 Å². The Hall–Kier alpha value is -1.38. The van der Waals surface area contributed by atoms with E-state index < -0.39 is 0 Å². The van der Waals surface area contributed by atoms with Gasteiger partial charge in [-0.2, -0.15) is 0 Å². The molecule has 50 valence electrons. The maximum absolute atomic E-state index is 5.57. The smallest absolute Gasteiger partial charge is 0.132 e. The molecule has 3 nitrogen and oxygen atoms in total. The largest absolute Gasteiger partial charge is 0.383 e. The van der Waals surface area contributed by atoms with E-state index in [9.17, 15) is 0 Å². The highest BCUT2D eigenvalue weighted by Crippen LogP contribution is 2.17. The van der Waals surface area contributed by atoms with Crippen molar-refractivity contribution in [3.8, 4) is 0 Å². The molecule has 0 aromatic carbocycles. The minimum Gasteiger partial charge on any atom is -0.383 e. The molecule has 2 rings (SSSR count). The molecule has 0 atom stereocenters. The number of allylic oxidation sites excluding steroid dienone is 2. The second-order valence-electron chi connectivity index (χ2n) is 2.21. The number of aliphatic imine (C=N–C) groups is 2. The second kappa shape index (κ2) is 1.80. The molecule has 0 amide bonds. The van der Waals surface area contributed by atoms with Crippen LogP contribution in [0.15, 0.2) is 33.7 Å². The Morgan fingerprint density at radius 2 is 2.40 bits per heavy atom. The Morgan fingerprint density at radius 1 is 1.50 bits per heavy atom. The van der Waals surface area contributed by atoms with Gasteiger partial charge in [-0.3, -0.25) is 4.99 Å². The second-order valence-corrected chi connectivity index (χ2v) is 2.21. The summed E-state index contributed by atoms with van der Waals surface area (Å²) in [7, 11) is 0. The molecule has 0 aliphatic carbocycles. The van der Waals surface area contributed by atoms with Gasteiger partial charge in [-0.15, -0.1) is 0 Å². The summed E-state index contributed by atoms with van der Waals surface area (Å²) >= 11 is 0. The van der Waals surface area contributed by atoms with E-state index in [1.807, 2.05) is 6.08 Å². The van der Waals surface area contributed by atoms with Gasteiger partial charge >= 0.3 is 0 Å². The van der Waals surface area contributed by atoms with Gasteiger partial charge in [0.05, 0.1) is 5.71 Å². The Kier molecular flexibility index (Phi) is 0.974. The van der Waals surface area contributed by atoms with E-state index in [0.717, 1.165) is 17.7 Å². The van der Waals surface area contributed by atoms with E-state index in [0.29, 0.717) is 5.82 Å². The molecule has 0 saturated carbocycles. The van der Waals surface area contributed by atoms with E-state index in [1.54, 1.807) is 12.4 Å². The van der Waals surface area contributed by atoms with Crippen LogP contribution in [0.4, 0.5) is 0 Å². The summed E-state index contributed by atoms with van der Waals surface area (Å²) in [5.74, 6) is 0.582. The molecular formula is C7H7N3. The monoisotopic (exact) mass is 133 g/mol. The average Bonchev–Trinajstić information content (AvgIpc) is 2.36. The number of nitrogens with zero attached hydrogens (tertiary/aromatic N) is 2. The maximum Gasteiger partial charge on any atom is 0.132 e. The van der Waals surface area contributed by atoms with Crippen LogP contribution in [0.2, 0.25) is 0 Å². The standard InChI is InChI=1S/C7H7N3/c8-7-5-1-3-9-6(5)2-4-10-7/h1,3-4H,2,8H2. The van der Waals surface area contributed by atoms with Crippen LogP contribution < -0.4 is 5.73 Å². The minimum absolute atomic E-state index is 0.582. The van der Waals surface area contributed by atoms with Crippen molar-refractivity contribution >= 4 is 11.9 Å². The lowest BCUT2D eigenvalue weighted by Gasteiger charge is -2.06. The maximum atomic E-state index is 5.57. The summed E-state index contributed by atoms with van der Waals surface area (Å²) in [6, 6.07) is 0. The Labute approximate surface area is 58.7 Å². The molecule has 2 heterocycles. The van der Waals surface area contributed by atoms with Gasteiger partial charge in [-0.25, -0.2) is 4.99 Å². The van der Waals surface area contributed by atoms with Crippen molar-refractivity contribution in [2.45, 2.75) is 6.42 Å². The summed E-state index contributed by atoms with van der Waals surface area (Å²) in [6.45, 7) is 0. The average molecular weight is 133 g/mol. The summed E-state index contributed by atoms with van der Waals surface area (Å²) in [4.78, 5) is 8.09. The van der Waals surface area contributed by atoms with Crippen LogP contribution in [-0.4, -0.2) is 11.9 Å². The predicted molar refractivity (Wildman–Crippen MR) is 40.9 cm³/mol. The number of rotatable bonds is 0. The lowest BCUT2D eigenvalue weighted by Crippen LogP contribution is -2.11. The van der Waals surface area contributed by atoms with Crippen LogP contribution in [0.1, 0.15) is 6.42 Å². The molecule has 0 saturated heterocycles. The zero-order chi connectivity index (χ0) is 6.97. The quantitative estimate of drug-likeness (QED) is 0.516. The molecule has 3 heteroatoms. The van der Waals surface area contributed by atoms with Gasteiger partial charge in [0.2, 0.25) is 0 Å². The number of fused-ring (bicyclic) bond motifs is 1. The molecule has 2 N–H and O–H groups in total. The Morgan fingerprint density at radius 3 is 3.20 bits per heavy atom. The van der Waals surface area contributed by atoms with Crippen molar-refractivity contribution in [3.05, 3.63) is 23.7 Å². The highest BCUT2D eigenvalue weighted by Gasteiger charge is 2.13. The zero-order valence-corrected chi connectivity index (χ0v) is 5.41. The summed E-state index contributed by atoms with van der Waals surface area (Å²) in [5, 5.41) is 0. The van der Waals surface area contributed by atoms with Crippen molar-refractivity contribution in [1.82, 2.24) is 0 Å². The zero-order valence-electron chi connectivity index (χ0n) is 5.41. The fourth-order valence-electron chi connectivity index (χ4n) is 1.06. The van der Waals surface area contributed by atoms with Crippen LogP contribution in [0, 0.1) is 0 Å². The Balaban J connectivity index is 2.53. The highest BCUT2D eigenvalue weighted by atomic mass is 14.9. The summed E-state index contributed by atoms with van der Waals surface area (Å²) in [5.41, 5.74) is 7.59. The fourth-order valence-corrected chi connectivity index (χ4v) is 1.06. The number of hydrogen-bond acceptors (Lipinski definition) is 3. The SMILES string of the molecule is NC1=C2C=CN=C2CC=N1.